The third kappa shape index (κ3) is 3.15. The van der Waals surface area contributed by atoms with Crippen molar-refractivity contribution in [1.82, 2.24) is 4.98 Å². The van der Waals surface area contributed by atoms with Gasteiger partial charge in [0.2, 0.25) is 0 Å². The molecule has 2 rings (SSSR count). The fraction of sp³-hybridized carbons (Fsp3) is 0.312. The highest BCUT2D eigenvalue weighted by molar-refractivity contribution is 5.32. The van der Waals surface area contributed by atoms with Crippen molar-refractivity contribution in [2.45, 2.75) is 19.1 Å². The van der Waals surface area contributed by atoms with Crippen LogP contribution in [-0.2, 0) is 4.74 Å². The zero-order chi connectivity index (χ0) is 14.4. The lowest BCUT2D eigenvalue weighted by Gasteiger charge is -2.25. The Labute approximate surface area is 119 Å². The van der Waals surface area contributed by atoms with Crippen molar-refractivity contribution < 1.29 is 9.47 Å². The molecule has 0 saturated carbocycles. The monoisotopic (exact) mass is 272 g/mol. The van der Waals surface area contributed by atoms with Crippen LogP contribution in [0.4, 0.5) is 0 Å². The number of benzene rings is 1. The Hall–Kier alpha value is -1.91. The van der Waals surface area contributed by atoms with Crippen LogP contribution in [-0.4, -0.2) is 18.7 Å². The first-order valence-corrected chi connectivity index (χ1v) is 6.69. The van der Waals surface area contributed by atoms with Crippen molar-refractivity contribution in [3.8, 4) is 5.75 Å². The quantitative estimate of drug-likeness (QED) is 0.878. The normalized spacial score (nSPS) is 13.8. The Bertz CT molecular complexity index is 531. The van der Waals surface area contributed by atoms with Crippen molar-refractivity contribution in [2.24, 2.45) is 5.73 Å². The Morgan fingerprint density at radius 1 is 1.15 bits per heavy atom. The molecule has 106 valence electrons. The molecular formula is C16H20N2O2. The summed E-state index contributed by atoms with van der Waals surface area (Å²) in [6, 6.07) is 13.2. The zero-order valence-electron chi connectivity index (χ0n) is 11.8. The van der Waals surface area contributed by atoms with E-state index in [9.17, 15) is 0 Å². The van der Waals surface area contributed by atoms with Crippen LogP contribution in [0.25, 0.3) is 0 Å². The van der Waals surface area contributed by atoms with Gasteiger partial charge in [0.25, 0.3) is 0 Å². The third-order valence-corrected chi connectivity index (χ3v) is 3.14. The molecule has 0 spiro atoms. The van der Waals surface area contributed by atoms with Gasteiger partial charge in [0.1, 0.15) is 17.5 Å². The summed E-state index contributed by atoms with van der Waals surface area (Å²) in [7, 11) is 1.62. The number of hydrogen-bond donors (Lipinski definition) is 1. The predicted molar refractivity (Wildman–Crippen MR) is 78.5 cm³/mol. The summed E-state index contributed by atoms with van der Waals surface area (Å²) in [6.45, 7) is 2.54. The first-order chi connectivity index (χ1) is 9.77. The Kier molecular flexibility index (Phi) is 5.09. The summed E-state index contributed by atoms with van der Waals surface area (Å²) in [6.07, 6.45) is 1.47. The first kappa shape index (κ1) is 14.5. The fourth-order valence-corrected chi connectivity index (χ4v) is 2.20. The van der Waals surface area contributed by atoms with Gasteiger partial charge in [0, 0.05) is 12.8 Å². The van der Waals surface area contributed by atoms with Crippen molar-refractivity contribution >= 4 is 0 Å². The van der Waals surface area contributed by atoms with E-state index in [1.165, 1.54) is 0 Å². The van der Waals surface area contributed by atoms with Crippen molar-refractivity contribution in [2.75, 3.05) is 13.7 Å². The molecule has 0 fully saturated rings. The van der Waals surface area contributed by atoms with E-state index in [-0.39, 0.29) is 12.1 Å². The van der Waals surface area contributed by atoms with Crippen LogP contribution in [0.5, 0.6) is 5.75 Å². The molecule has 0 aliphatic heterocycles. The molecule has 0 aliphatic rings. The molecule has 2 unspecified atom stereocenters. The minimum absolute atomic E-state index is 0.245. The highest BCUT2D eigenvalue weighted by Crippen LogP contribution is 2.33. The second-order valence-electron chi connectivity index (χ2n) is 4.40. The lowest BCUT2D eigenvalue weighted by Crippen LogP contribution is -2.24. The summed E-state index contributed by atoms with van der Waals surface area (Å²) >= 11 is 0. The molecule has 2 aromatic rings. The molecule has 2 N–H and O–H groups in total. The van der Waals surface area contributed by atoms with Gasteiger partial charge in [-0.05, 0) is 24.6 Å². The Balaban J connectivity index is 2.34. The molecule has 1 aromatic carbocycles. The number of nitrogens with zero attached hydrogens (tertiary/aromatic N) is 1. The largest absolute Gasteiger partial charge is 0.495 e. The highest BCUT2D eigenvalue weighted by Gasteiger charge is 2.25. The number of pyridine rings is 1. The van der Waals surface area contributed by atoms with E-state index in [0.717, 1.165) is 5.56 Å². The van der Waals surface area contributed by atoms with Crippen molar-refractivity contribution in [3.63, 3.8) is 0 Å². The summed E-state index contributed by atoms with van der Waals surface area (Å²) in [5.41, 5.74) is 8.11. The predicted octanol–water partition coefficient (Wildman–Crippen LogP) is 2.87. The number of aromatic nitrogens is 1. The van der Waals surface area contributed by atoms with Crippen LogP contribution in [0.3, 0.4) is 0 Å². The van der Waals surface area contributed by atoms with Crippen molar-refractivity contribution in [3.05, 3.63) is 59.9 Å². The molecule has 2 atom stereocenters. The minimum atomic E-state index is -0.381. The summed E-state index contributed by atoms with van der Waals surface area (Å²) in [4.78, 5) is 4.35. The number of methoxy groups -OCH3 is 1. The van der Waals surface area contributed by atoms with Crippen LogP contribution in [0, 0.1) is 0 Å². The molecule has 0 amide bonds. The SMILES string of the molecule is CCOC(c1ccccc1)C(N)c1ncccc1OC. The van der Waals surface area contributed by atoms with E-state index < -0.39 is 0 Å². The second-order valence-corrected chi connectivity index (χ2v) is 4.40. The molecule has 0 aliphatic carbocycles. The molecule has 1 aromatic heterocycles. The van der Waals surface area contributed by atoms with Crippen LogP contribution < -0.4 is 10.5 Å². The van der Waals surface area contributed by atoms with Gasteiger partial charge in [-0.15, -0.1) is 0 Å². The number of rotatable bonds is 6. The number of ether oxygens (including phenoxy) is 2. The molecule has 4 heteroatoms. The minimum Gasteiger partial charge on any atom is -0.495 e. The molecule has 4 nitrogen and oxygen atoms in total. The average molecular weight is 272 g/mol. The average Bonchev–Trinajstić information content (AvgIpc) is 2.52. The van der Waals surface area contributed by atoms with Crippen molar-refractivity contribution in [1.29, 1.82) is 0 Å². The molecule has 0 radical (unpaired) electrons. The van der Waals surface area contributed by atoms with Crippen LogP contribution in [0.1, 0.15) is 30.3 Å². The van der Waals surface area contributed by atoms with Crippen LogP contribution in [0.2, 0.25) is 0 Å². The van der Waals surface area contributed by atoms with Gasteiger partial charge < -0.3 is 15.2 Å². The maximum atomic E-state index is 6.37. The van der Waals surface area contributed by atoms with E-state index >= 15 is 0 Å². The van der Waals surface area contributed by atoms with Gasteiger partial charge in [-0.3, -0.25) is 4.98 Å². The summed E-state index contributed by atoms with van der Waals surface area (Å²) in [5, 5.41) is 0. The Morgan fingerprint density at radius 2 is 1.90 bits per heavy atom. The standard InChI is InChI=1S/C16H20N2O2/c1-3-20-16(12-8-5-4-6-9-12)14(17)15-13(19-2)10-7-11-18-15/h4-11,14,16H,3,17H2,1-2H3. The topological polar surface area (TPSA) is 57.4 Å². The van der Waals surface area contributed by atoms with Crippen LogP contribution >= 0.6 is 0 Å². The molecule has 20 heavy (non-hydrogen) atoms. The van der Waals surface area contributed by atoms with Gasteiger partial charge in [-0.2, -0.15) is 0 Å². The number of hydrogen-bond acceptors (Lipinski definition) is 4. The smallest absolute Gasteiger partial charge is 0.142 e. The van der Waals surface area contributed by atoms with E-state index in [1.807, 2.05) is 49.4 Å². The molecule has 1 heterocycles. The molecule has 0 bridgehead atoms. The van der Waals surface area contributed by atoms with E-state index in [4.69, 9.17) is 15.2 Å². The van der Waals surface area contributed by atoms with Gasteiger partial charge in [-0.1, -0.05) is 30.3 Å². The van der Waals surface area contributed by atoms with Gasteiger partial charge in [0.15, 0.2) is 0 Å². The van der Waals surface area contributed by atoms with E-state index in [0.29, 0.717) is 18.1 Å². The fourth-order valence-electron chi connectivity index (χ4n) is 2.20. The van der Waals surface area contributed by atoms with Crippen LogP contribution in [0.15, 0.2) is 48.7 Å². The summed E-state index contributed by atoms with van der Waals surface area (Å²) < 4.78 is 11.2. The number of nitrogens with two attached hydrogens (primary N) is 1. The first-order valence-electron chi connectivity index (χ1n) is 6.69. The molecular weight excluding hydrogens is 252 g/mol. The third-order valence-electron chi connectivity index (χ3n) is 3.14. The maximum Gasteiger partial charge on any atom is 0.142 e. The van der Waals surface area contributed by atoms with E-state index in [2.05, 4.69) is 4.98 Å². The van der Waals surface area contributed by atoms with Gasteiger partial charge in [-0.25, -0.2) is 0 Å². The lowest BCUT2D eigenvalue weighted by molar-refractivity contribution is 0.0413. The highest BCUT2D eigenvalue weighted by atomic mass is 16.5. The van der Waals surface area contributed by atoms with Gasteiger partial charge in [0.05, 0.1) is 13.2 Å². The maximum absolute atomic E-state index is 6.37. The zero-order valence-corrected chi connectivity index (χ0v) is 11.8. The molecule has 0 saturated heterocycles. The summed E-state index contributed by atoms with van der Waals surface area (Å²) in [5.74, 6) is 0.681. The van der Waals surface area contributed by atoms with Gasteiger partial charge >= 0.3 is 0 Å². The second kappa shape index (κ2) is 7.03. The lowest BCUT2D eigenvalue weighted by atomic mass is 9.99. The Morgan fingerprint density at radius 3 is 2.55 bits per heavy atom. The van der Waals surface area contributed by atoms with E-state index in [1.54, 1.807) is 13.3 Å².